The van der Waals surface area contributed by atoms with Crippen molar-refractivity contribution < 1.29 is 4.74 Å². The average Bonchev–Trinajstić information content (AvgIpc) is 3.02. The van der Waals surface area contributed by atoms with Crippen LogP contribution in [-0.2, 0) is 0 Å². The molecule has 2 nitrogen and oxygen atoms in total. The molecular weight excluding hydrogens is 258 g/mol. The summed E-state index contributed by atoms with van der Waals surface area (Å²) in [6.45, 7) is 0. The molecule has 1 saturated carbocycles. The van der Waals surface area contributed by atoms with Gasteiger partial charge in [0.1, 0.15) is 11.5 Å². The number of nitrogens with two attached hydrogens (primary N) is 1. The van der Waals surface area contributed by atoms with Gasteiger partial charge in [0.2, 0.25) is 0 Å². The summed E-state index contributed by atoms with van der Waals surface area (Å²) in [5.41, 5.74) is 7.55. The van der Waals surface area contributed by atoms with E-state index in [2.05, 4.69) is 12.1 Å². The van der Waals surface area contributed by atoms with Crippen LogP contribution in [0.1, 0.15) is 43.7 Å². The minimum Gasteiger partial charge on any atom is -0.457 e. The van der Waals surface area contributed by atoms with E-state index in [1.807, 2.05) is 42.5 Å². The van der Waals surface area contributed by atoms with E-state index in [-0.39, 0.29) is 6.04 Å². The van der Waals surface area contributed by atoms with Crippen molar-refractivity contribution in [1.29, 1.82) is 0 Å². The molecule has 1 fully saturated rings. The van der Waals surface area contributed by atoms with E-state index in [1.54, 1.807) is 0 Å². The Balaban J connectivity index is 1.60. The summed E-state index contributed by atoms with van der Waals surface area (Å²) in [5.74, 6) is 2.54. The Morgan fingerprint density at radius 1 is 0.905 bits per heavy atom. The molecule has 0 heterocycles. The summed E-state index contributed by atoms with van der Waals surface area (Å²) >= 11 is 0. The first kappa shape index (κ1) is 14.2. The van der Waals surface area contributed by atoms with Crippen LogP contribution in [-0.4, -0.2) is 0 Å². The Morgan fingerprint density at radius 3 is 2.19 bits per heavy atom. The lowest BCUT2D eigenvalue weighted by Gasteiger charge is -2.17. The second-order valence-electron chi connectivity index (χ2n) is 5.98. The van der Waals surface area contributed by atoms with Gasteiger partial charge in [0.25, 0.3) is 0 Å². The lowest BCUT2D eigenvalue weighted by atomic mass is 9.94. The van der Waals surface area contributed by atoms with Crippen LogP contribution < -0.4 is 10.5 Å². The zero-order valence-corrected chi connectivity index (χ0v) is 12.4. The quantitative estimate of drug-likeness (QED) is 0.831. The van der Waals surface area contributed by atoms with Crippen molar-refractivity contribution in [3.8, 4) is 11.5 Å². The van der Waals surface area contributed by atoms with Crippen LogP contribution >= 0.6 is 0 Å². The topological polar surface area (TPSA) is 35.2 Å². The van der Waals surface area contributed by atoms with Crippen LogP contribution in [0.2, 0.25) is 0 Å². The fourth-order valence-corrected chi connectivity index (χ4v) is 3.15. The van der Waals surface area contributed by atoms with Crippen LogP contribution in [0.25, 0.3) is 0 Å². The van der Waals surface area contributed by atoms with E-state index >= 15 is 0 Å². The van der Waals surface area contributed by atoms with Crippen molar-refractivity contribution in [2.24, 2.45) is 11.7 Å². The van der Waals surface area contributed by atoms with Crippen LogP contribution in [0.3, 0.4) is 0 Å². The molecule has 2 aromatic carbocycles. The van der Waals surface area contributed by atoms with Crippen LogP contribution in [0, 0.1) is 5.92 Å². The molecule has 0 spiro atoms. The Hall–Kier alpha value is -1.80. The molecule has 3 rings (SSSR count). The van der Waals surface area contributed by atoms with Gasteiger partial charge < -0.3 is 10.5 Å². The Labute approximate surface area is 126 Å². The normalized spacial score (nSPS) is 16.8. The lowest BCUT2D eigenvalue weighted by molar-refractivity contribution is 0.449. The Morgan fingerprint density at radius 2 is 1.52 bits per heavy atom. The third kappa shape index (κ3) is 3.85. The molecule has 1 atom stereocenters. The van der Waals surface area contributed by atoms with Crippen molar-refractivity contribution in [3.05, 3.63) is 60.2 Å². The van der Waals surface area contributed by atoms with Crippen molar-refractivity contribution in [3.63, 3.8) is 0 Å². The summed E-state index contributed by atoms with van der Waals surface area (Å²) in [4.78, 5) is 0. The van der Waals surface area contributed by atoms with Gasteiger partial charge in [-0.3, -0.25) is 0 Å². The van der Waals surface area contributed by atoms with E-state index in [0.29, 0.717) is 0 Å². The molecule has 0 saturated heterocycles. The average molecular weight is 281 g/mol. The smallest absolute Gasteiger partial charge is 0.127 e. The maximum atomic E-state index is 6.34. The largest absolute Gasteiger partial charge is 0.457 e. The molecule has 2 N–H and O–H groups in total. The maximum absolute atomic E-state index is 6.34. The minimum absolute atomic E-state index is 0.152. The number of ether oxygens (including phenoxy) is 1. The number of para-hydroxylation sites is 1. The van der Waals surface area contributed by atoms with Crippen molar-refractivity contribution >= 4 is 0 Å². The molecule has 110 valence electrons. The fraction of sp³-hybridized carbons (Fsp3) is 0.368. The third-order valence-electron chi connectivity index (χ3n) is 4.35. The van der Waals surface area contributed by atoms with E-state index < -0.39 is 0 Å². The minimum atomic E-state index is 0.152. The van der Waals surface area contributed by atoms with E-state index in [4.69, 9.17) is 10.5 Å². The third-order valence-corrected chi connectivity index (χ3v) is 4.35. The molecule has 1 aliphatic rings. The first-order chi connectivity index (χ1) is 10.3. The first-order valence-corrected chi connectivity index (χ1v) is 7.90. The van der Waals surface area contributed by atoms with Gasteiger partial charge in [-0.05, 0) is 42.2 Å². The molecular formula is C19H23NO. The molecule has 2 aromatic rings. The van der Waals surface area contributed by atoms with Crippen molar-refractivity contribution in [2.45, 2.75) is 38.1 Å². The van der Waals surface area contributed by atoms with Crippen LogP contribution in [0.4, 0.5) is 0 Å². The fourth-order valence-electron chi connectivity index (χ4n) is 3.15. The SMILES string of the molecule is N[C@@H](CC1CCCC1)c1ccc(Oc2ccccc2)cc1. The number of hydrogen-bond donors (Lipinski definition) is 1. The molecule has 0 amide bonds. The molecule has 0 bridgehead atoms. The standard InChI is InChI=1S/C19H23NO/c20-19(14-15-6-4-5-7-15)16-10-12-18(13-11-16)21-17-8-2-1-3-9-17/h1-3,8-13,15,19H,4-7,14,20H2/t19-/m0/s1. The molecule has 0 unspecified atom stereocenters. The van der Waals surface area contributed by atoms with Crippen molar-refractivity contribution in [2.75, 3.05) is 0 Å². The van der Waals surface area contributed by atoms with Gasteiger partial charge in [-0.2, -0.15) is 0 Å². The van der Waals surface area contributed by atoms with E-state index in [1.165, 1.54) is 31.2 Å². The molecule has 2 heteroatoms. The van der Waals surface area contributed by atoms with Gasteiger partial charge in [0.15, 0.2) is 0 Å². The van der Waals surface area contributed by atoms with E-state index in [9.17, 15) is 0 Å². The van der Waals surface area contributed by atoms with Crippen LogP contribution in [0.15, 0.2) is 54.6 Å². The monoisotopic (exact) mass is 281 g/mol. The summed E-state index contributed by atoms with van der Waals surface area (Å²) < 4.78 is 5.81. The predicted molar refractivity (Wildman–Crippen MR) is 86.5 cm³/mol. The van der Waals surface area contributed by atoms with Gasteiger partial charge in [0.05, 0.1) is 0 Å². The summed E-state index contributed by atoms with van der Waals surface area (Å²) in [6.07, 6.45) is 6.56. The Kier molecular flexibility index (Phi) is 4.56. The highest BCUT2D eigenvalue weighted by molar-refractivity contribution is 5.33. The van der Waals surface area contributed by atoms with Gasteiger partial charge in [-0.25, -0.2) is 0 Å². The summed E-state index contributed by atoms with van der Waals surface area (Å²) in [7, 11) is 0. The molecule has 21 heavy (non-hydrogen) atoms. The van der Waals surface area contributed by atoms with Crippen LogP contribution in [0.5, 0.6) is 11.5 Å². The predicted octanol–water partition coefficient (Wildman–Crippen LogP) is 5.06. The molecule has 0 aliphatic heterocycles. The zero-order chi connectivity index (χ0) is 14.5. The van der Waals surface area contributed by atoms with E-state index in [0.717, 1.165) is 23.8 Å². The zero-order valence-electron chi connectivity index (χ0n) is 12.4. The van der Waals surface area contributed by atoms with Crippen molar-refractivity contribution in [1.82, 2.24) is 0 Å². The van der Waals surface area contributed by atoms with Gasteiger partial charge in [-0.15, -0.1) is 0 Å². The highest BCUT2D eigenvalue weighted by atomic mass is 16.5. The maximum Gasteiger partial charge on any atom is 0.127 e. The summed E-state index contributed by atoms with van der Waals surface area (Å²) in [5, 5.41) is 0. The Bertz CT molecular complexity index is 544. The number of hydrogen-bond acceptors (Lipinski definition) is 2. The van der Waals surface area contributed by atoms with Gasteiger partial charge in [0, 0.05) is 6.04 Å². The number of rotatable bonds is 5. The molecule has 0 radical (unpaired) electrons. The highest BCUT2D eigenvalue weighted by Crippen LogP contribution is 2.32. The second-order valence-corrected chi connectivity index (χ2v) is 5.98. The second kappa shape index (κ2) is 6.77. The first-order valence-electron chi connectivity index (χ1n) is 7.90. The number of benzene rings is 2. The molecule has 1 aliphatic carbocycles. The lowest BCUT2D eigenvalue weighted by Crippen LogP contribution is -2.13. The highest BCUT2D eigenvalue weighted by Gasteiger charge is 2.18. The van der Waals surface area contributed by atoms with Gasteiger partial charge in [-0.1, -0.05) is 56.0 Å². The molecule has 0 aromatic heterocycles. The van der Waals surface area contributed by atoms with Gasteiger partial charge >= 0.3 is 0 Å². The summed E-state index contributed by atoms with van der Waals surface area (Å²) in [6, 6.07) is 18.2.